The van der Waals surface area contributed by atoms with Gasteiger partial charge in [0, 0.05) is 19.5 Å². The molecule has 1 aromatic heterocycles. The third-order valence-corrected chi connectivity index (χ3v) is 5.45. The molecule has 7 nitrogen and oxygen atoms in total. The van der Waals surface area contributed by atoms with Crippen molar-refractivity contribution in [1.82, 2.24) is 10.2 Å². The van der Waals surface area contributed by atoms with Crippen molar-refractivity contribution < 1.29 is 23.9 Å². The number of hydrogen-bond acceptors (Lipinski definition) is 4. The summed E-state index contributed by atoms with van der Waals surface area (Å²) in [4.78, 5) is 38.6. The number of amides is 2. The molecule has 0 bridgehead atoms. The summed E-state index contributed by atoms with van der Waals surface area (Å²) in [5.41, 5.74) is 1.16. The number of nitrogens with one attached hydrogen (secondary N) is 1. The van der Waals surface area contributed by atoms with Crippen molar-refractivity contribution >= 4 is 17.8 Å². The Hall–Kier alpha value is -3.09. The second kappa shape index (κ2) is 6.57. The number of rotatable bonds is 5. The summed E-state index contributed by atoms with van der Waals surface area (Å²) in [5.74, 6) is -1.40. The highest BCUT2D eigenvalue weighted by Crippen LogP contribution is 2.45. The summed E-state index contributed by atoms with van der Waals surface area (Å²) < 4.78 is 5.22. The van der Waals surface area contributed by atoms with Crippen LogP contribution in [0.25, 0.3) is 0 Å². The van der Waals surface area contributed by atoms with Gasteiger partial charge in [0.25, 0.3) is 5.91 Å². The number of carboxylic acid groups (broad SMARTS) is 1. The second-order valence-electron chi connectivity index (χ2n) is 7.20. The van der Waals surface area contributed by atoms with E-state index in [-0.39, 0.29) is 24.1 Å². The predicted octanol–water partition coefficient (Wildman–Crippen LogP) is 1.83. The van der Waals surface area contributed by atoms with Gasteiger partial charge >= 0.3 is 5.97 Å². The van der Waals surface area contributed by atoms with Gasteiger partial charge in [-0.05, 0) is 36.1 Å². The number of aliphatic carboxylic acids is 1. The van der Waals surface area contributed by atoms with Crippen molar-refractivity contribution in [3.63, 3.8) is 0 Å². The van der Waals surface area contributed by atoms with Gasteiger partial charge in [-0.3, -0.25) is 14.4 Å². The lowest BCUT2D eigenvalue weighted by Crippen LogP contribution is -2.53. The van der Waals surface area contributed by atoms with Gasteiger partial charge in [0.1, 0.15) is 6.04 Å². The van der Waals surface area contributed by atoms with Crippen LogP contribution in [0.2, 0.25) is 0 Å². The molecule has 1 unspecified atom stereocenters. The lowest BCUT2D eigenvalue weighted by Gasteiger charge is -2.35. The molecule has 2 heterocycles. The van der Waals surface area contributed by atoms with Crippen LogP contribution in [0.1, 0.15) is 34.5 Å². The molecule has 2 amide bonds. The quantitative estimate of drug-likeness (QED) is 0.839. The fourth-order valence-corrected chi connectivity index (χ4v) is 3.50. The molecule has 1 aliphatic heterocycles. The first-order valence-electron chi connectivity index (χ1n) is 8.92. The van der Waals surface area contributed by atoms with Crippen molar-refractivity contribution in [3.05, 3.63) is 59.5 Å². The molecule has 7 heteroatoms. The highest BCUT2D eigenvalue weighted by Gasteiger charge is 2.50. The Bertz CT molecular complexity index is 886. The Morgan fingerprint density at radius 2 is 1.89 bits per heavy atom. The highest BCUT2D eigenvalue weighted by molar-refractivity contribution is 5.96. The van der Waals surface area contributed by atoms with E-state index in [2.05, 4.69) is 5.32 Å². The van der Waals surface area contributed by atoms with Gasteiger partial charge in [0.2, 0.25) is 5.91 Å². The van der Waals surface area contributed by atoms with Gasteiger partial charge in [-0.2, -0.15) is 0 Å². The molecular weight excluding hydrogens is 348 g/mol. The molecule has 27 heavy (non-hydrogen) atoms. The fraction of sp³-hybridized carbons (Fsp3) is 0.350. The molecule has 0 saturated heterocycles. The molecule has 1 saturated carbocycles. The van der Waals surface area contributed by atoms with Crippen molar-refractivity contribution in [1.29, 1.82) is 0 Å². The monoisotopic (exact) mass is 368 g/mol. The van der Waals surface area contributed by atoms with E-state index < -0.39 is 17.4 Å². The number of carboxylic acids is 1. The average molecular weight is 368 g/mol. The number of benzene rings is 1. The van der Waals surface area contributed by atoms with E-state index in [0.29, 0.717) is 25.8 Å². The van der Waals surface area contributed by atoms with Gasteiger partial charge in [-0.1, -0.05) is 24.3 Å². The highest BCUT2D eigenvalue weighted by atomic mass is 16.4. The SMILES string of the molecule is O=C(NCC1(C(=O)O)CC1)C1Cc2ccccc2CN1C(=O)c1ccco1. The first-order valence-corrected chi connectivity index (χ1v) is 8.92. The zero-order chi connectivity index (χ0) is 19.0. The predicted molar refractivity (Wildman–Crippen MR) is 94.8 cm³/mol. The Kier molecular flexibility index (Phi) is 4.22. The zero-order valence-electron chi connectivity index (χ0n) is 14.7. The van der Waals surface area contributed by atoms with Crippen LogP contribution >= 0.6 is 0 Å². The van der Waals surface area contributed by atoms with Gasteiger partial charge in [0.05, 0.1) is 11.7 Å². The summed E-state index contributed by atoms with van der Waals surface area (Å²) in [6, 6.07) is 10.2. The molecule has 0 spiro atoms. The van der Waals surface area contributed by atoms with E-state index in [1.54, 1.807) is 12.1 Å². The lowest BCUT2D eigenvalue weighted by atomic mass is 9.93. The average Bonchev–Trinajstić information content (AvgIpc) is 3.29. The van der Waals surface area contributed by atoms with E-state index in [1.165, 1.54) is 11.2 Å². The lowest BCUT2D eigenvalue weighted by molar-refractivity contribution is -0.143. The smallest absolute Gasteiger partial charge is 0.311 e. The molecule has 1 atom stereocenters. The molecular formula is C20H20N2O5. The fourth-order valence-electron chi connectivity index (χ4n) is 3.50. The Balaban J connectivity index is 1.56. The van der Waals surface area contributed by atoms with E-state index >= 15 is 0 Å². The van der Waals surface area contributed by atoms with Crippen LogP contribution in [0.4, 0.5) is 0 Å². The number of furan rings is 1. The van der Waals surface area contributed by atoms with Crippen LogP contribution in [-0.2, 0) is 22.6 Å². The van der Waals surface area contributed by atoms with E-state index in [4.69, 9.17) is 4.42 Å². The normalized spacial score (nSPS) is 19.9. The minimum absolute atomic E-state index is 0.0854. The molecule has 2 aliphatic rings. The molecule has 2 N–H and O–H groups in total. The van der Waals surface area contributed by atoms with Crippen LogP contribution in [0.3, 0.4) is 0 Å². The van der Waals surface area contributed by atoms with Crippen molar-refractivity contribution in [2.75, 3.05) is 6.54 Å². The standard InChI is InChI=1S/C20H20N2O5/c23-17(21-12-20(7-8-20)19(25)26)15-10-13-4-1-2-5-14(13)11-22(15)18(24)16-6-3-9-27-16/h1-6,9,15H,7-8,10-12H2,(H,21,23)(H,25,26). The van der Waals surface area contributed by atoms with Gasteiger partial charge < -0.3 is 19.7 Å². The van der Waals surface area contributed by atoms with E-state index in [1.807, 2.05) is 24.3 Å². The van der Waals surface area contributed by atoms with E-state index in [9.17, 15) is 19.5 Å². The molecule has 1 aromatic carbocycles. The zero-order valence-corrected chi connectivity index (χ0v) is 14.7. The summed E-state index contributed by atoms with van der Waals surface area (Å²) in [6.07, 6.45) is 2.93. The summed E-state index contributed by atoms with van der Waals surface area (Å²) in [6.45, 7) is 0.389. The first kappa shape index (κ1) is 17.3. The summed E-state index contributed by atoms with van der Waals surface area (Å²) in [7, 11) is 0. The van der Waals surface area contributed by atoms with E-state index in [0.717, 1.165) is 11.1 Å². The molecule has 4 rings (SSSR count). The van der Waals surface area contributed by atoms with Crippen LogP contribution in [0, 0.1) is 5.41 Å². The van der Waals surface area contributed by atoms with Crippen molar-refractivity contribution in [2.24, 2.45) is 5.41 Å². The van der Waals surface area contributed by atoms with Crippen LogP contribution < -0.4 is 5.32 Å². The topological polar surface area (TPSA) is 99.9 Å². The third kappa shape index (κ3) is 3.20. The number of nitrogens with zero attached hydrogens (tertiary/aromatic N) is 1. The minimum atomic E-state index is -0.889. The van der Waals surface area contributed by atoms with Crippen LogP contribution in [0.5, 0.6) is 0 Å². The third-order valence-electron chi connectivity index (χ3n) is 5.45. The van der Waals surface area contributed by atoms with Gasteiger partial charge in [-0.25, -0.2) is 0 Å². The maximum Gasteiger partial charge on any atom is 0.311 e. The Labute approximate surface area is 156 Å². The molecule has 1 aliphatic carbocycles. The van der Waals surface area contributed by atoms with Crippen LogP contribution in [0.15, 0.2) is 47.1 Å². The summed E-state index contributed by atoms with van der Waals surface area (Å²) in [5, 5.41) is 12.0. The maximum absolute atomic E-state index is 12.9. The maximum atomic E-state index is 12.9. The Morgan fingerprint density at radius 3 is 2.52 bits per heavy atom. The molecule has 1 fully saturated rings. The first-order chi connectivity index (χ1) is 13.0. The van der Waals surface area contributed by atoms with Crippen molar-refractivity contribution in [3.8, 4) is 0 Å². The molecule has 0 radical (unpaired) electrons. The second-order valence-corrected chi connectivity index (χ2v) is 7.20. The number of hydrogen-bond donors (Lipinski definition) is 2. The summed E-state index contributed by atoms with van der Waals surface area (Å²) >= 11 is 0. The van der Waals surface area contributed by atoms with Gasteiger partial charge in [0.15, 0.2) is 5.76 Å². The Morgan fingerprint density at radius 1 is 1.15 bits per heavy atom. The minimum Gasteiger partial charge on any atom is -0.481 e. The molecule has 140 valence electrons. The van der Waals surface area contributed by atoms with Crippen molar-refractivity contribution in [2.45, 2.75) is 31.8 Å². The number of carbonyl (C=O) groups is 3. The number of carbonyl (C=O) groups excluding carboxylic acids is 2. The largest absolute Gasteiger partial charge is 0.481 e. The molecule has 2 aromatic rings. The van der Waals surface area contributed by atoms with Gasteiger partial charge in [-0.15, -0.1) is 0 Å². The number of fused-ring (bicyclic) bond motifs is 1. The van der Waals surface area contributed by atoms with Crippen LogP contribution in [-0.4, -0.2) is 40.4 Å².